The van der Waals surface area contributed by atoms with Gasteiger partial charge in [-0.05, 0) is 24.3 Å². The van der Waals surface area contributed by atoms with Gasteiger partial charge in [-0.2, -0.15) is 0 Å². The number of rotatable bonds is 4. The van der Waals surface area contributed by atoms with Gasteiger partial charge in [-0.15, -0.1) is 0 Å². The van der Waals surface area contributed by atoms with Crippen LogP contribution < -0.4 is 10.1 Å². The third-order valence-corrected chi connectivity index (χ3v) is 2.96. The van der Waals surface area contributed by atoms with E-state index in [1.807, 2.05) is 24.3 Å². The van der Waals surface area contributed by atoms with Crippen LogP contribution in [0.3, 0.4) is 0 Å². The van der Waals surface area contributed by atoms with Gasteiger partial charge < -0.3 is 15.2 Å². The van der Waals surface area contributed by atoms with Crippen LogP contribution in [0.15, 0.2) is 24.3 Å². The summed E-state index contributed by atoms with van der Waals surface area (Å²) in [6.45, 7) is 3.16. The van der Waals surface area contributed by atoms with Crippen LogP contribution in [0.2, 0.25) is 0 Å². The van der Waals surface area contributed by atoms with Crippen LogP contribution in [0.4, 0.5) is 0 Å². The molecule has 0 saturated carbocycles. The number of hydrogen-bond acceptors (Lipinski definition) is 4. The summed E-state index contributed by atoms with van der Waals surface area (Å²) in [5, 5.41) is 11.4. The highest BCUT2D eigenvalue weighted by atomic mass is 16.5. The molecule has 1 aromatic rings. The fraction of sp³-hybridized carbons (Fsp3) is 0.400. The number of nitrogens with zero attached hydrogens (tertiary/aromatic N) is 1. The van der Waals surface area contributed by atoms with Crippen LogP contribution in [0.5, 0.6) is 5.75 Å². The van der Waals surface area contributed by atoms with Gasteiger partial charge >= 0.3 is 0 Å². The van der Waals surface area contributed by atoms with Crippen molar-refractivity contribution in [1.82, 2.24) is 10.2 Å². The van der Waals surface area contributed by atoms with Crippen molar-refractivity contribution < 1.29 is 14.6 Å². The largest absolute Gasteiger partial charge is 0.492 e. The van der Waals surface area contributed by atoms with Gasteiger partial charge in [-0.25, -0.2) is 0 Å². The number of nitrogens with one attached hydrogen (secondary N) is 1. The Morgan fingerprint density at radius 2 is 2.15 bits per heavy atom. The Labute approximate surface area is 118 Å². The van der Waals surface area contributed by atoms with Crippen molar-refractivity contribution in [2.75, 3.05) is 39.4 Å². The zero-order valence-corrected chi connectivity index (χ0v) is 11.3. The molecule has 1 fully saturated rings. The third-order valence-electron chi connectivity index (χ3n) is 2.96. The smallest absolute Gasteiger partial charge is 0.234 e. The summed E-state index contributed by atoms with van der Waals surface area (Å²) in [6, 6.07) is 7.41. The van der Waals surface area contributed by atoms with E-state index in [9.17, 15) is 4.79 Å². The molecule has 1 saturated heterocycles. The van der Waals surface area contributed by atoms with E-state index in [0.717, 1.165) is 24.4 Å². The van der Waals surface area contributed by atoms with Crippen LogP contribution >= 0.6 is 0 Å². The first kappa shape index (κ1) is 14.4. The van der Waals surface area contributed by atoms with Crippen molar-refractivity contribution in [2.24, 2.45) is 0 Å². The Kier molecular flexibility index (Phi) is 5.42. The van der Waals surface area contributed by atoms with Gasteiger partial charge in [0.1, 0.15) is 19.0 Å². The van der Waals surface area contributed by atoms with E-state index < -0.39 is 0 Å². The molecule has 0 aliphatic carbocycles. The normalized spacial score (nSPS) is 15.2. The van der Waals surface area contributed by atoms with E-state index in [1.165, 1.54) is 0 Å². The van der Waals surface area contributed by atoms with Crippen molar-refractivity contribution in [2.45, 2.75) is 0 Å². The monoisotopic (exact) mass is 274 g/mol. The SMILES string of the molecule is O=C1CN(CCOc2ccc(C#CCO)cc2)CCN1. The fourth-order valence-electron chi connectivity index (χ4n) is 1.95. The maximum atomic E-state index is 11.2. The third kappa shape index (κ3) is 4.57. The topological polar surface area (TPSA) is 61.8 Å². The molecule has 0 radical (unpaired) electrons. The minimum Gasteiger partial charge on any atom is -0.492 e. The lowest BCUT2D eigenvalue weighted by Crippen LogP contribution is -2.48. The second kappa shape index (κ2) is 7.53. The number of benzene rings is 1. The van der Waals surface area contributed by atoms with E-state index in [1.54, 1.807) is 0 Å². The Hall–Kier alpha value is -2.03. The van der Waals surface area contributed by atoms with Gasteiger partial charge in [0.15, 0.2) is 0 Å². The lowest BCUT2D eigenvalue weighted by molar-refractivity contribution is -0.124. The summed E-state index contributed by atoms with van der Waals surface area (Å²) in [6.07, 6.45) is 0. The van der Waals surface area contributed by atoms with E-state index in [4.69, 9.17) is 9.84 Å². The quantitative estimate of drug-likeness (QED) is 0.749. The molecular formula is C15H18N2O3. The van der Waals surface area contributed by atoms with Gasteiger partial charge in [0, 0.05) is 25.2 Å². The average molecular weight is 274 g/mol. The Balaban J connectivity index is 1.75. The molecule has 106 valence electrons. The molecule has 5 nitrogen and oxygen atoms in total. The highest BCUT2D eigenvalue weighted by Crippen LogP contribution is 2.11. The van der Waals surface area contributed by atoms with Crippen LogP contribution in [-0.2, 0) is 4.79 Å². The summed E-state index contributed by atoms with van der Waals surface area (Å²) < 4.78 is 5.63. The molecule has 0 spiro atoms. The van der Waals surface area contributed by atoms with Crippen molar-refractivity contribution in [1.29, 1.82) is 0 Å². The molecule has 1 amide bonds. The van der Waals surface area contributed by atoms with Crippen molar-refractivity contribution in [3.63, 3.8) is 0 Å². The van der Waals surface area contributed by atoms with E-state index in [-0.39, 0.29) is 12.5 Å². The highest BCUT2D eigenvalue weighted by molar-refractivity contribution is 5.78. The standard InChI is InChI=1S/C15H18N2O3/c18-10-1-2-13-3-5-14(6-4-13)20-11-9-17-8-7-16-15(19)12-17/h3-6,18H,7-12H2,(H,16,19). The second-order valence-corrected chi connectivity index (χ2v) is 4.46. The maximum absolute atomic E-state index is 11.2. The number of ether oxygens (including phenoxy) is 1. The first-order valence-electron chi connectivity index (χ1n) is 6.59. The molecule has 1 aliphatic rings. The summed E-state index contributed by atoms with van der Waals surface area (Å²) in [4.78, 5) is 13.3. The summed E-state index contributed by atoms with van der Waals surface area (Å²) in [5.41, 5.74) is 0.846. The number of carbonyl (C=O) groups is 1. The molecule has 1 aromatic carbocycles. The molecule has 20 heavy (non-hydrogen) atoms. The second-order valence-electron chi connectivity index (χ2n) is 4.46. The number of hydrogen-bond donors (Lipinski definition) is 2. The number of piperazine rings is 1. The summed E-state index contributed by atoms with van der Waals surface area (Å²) in [5.74, 6) is 6.27. The molecule has 1 aliphatic heterocycles. The predicted octanol–water partition coefficient (Wildman–Crippen LogP) is -0.159. The highest BCUT2D eigenvalue weighted by Gasteiger charge is 2.15. The van der Waals surface area contributed by atoms with Crippen LogP contribution in [0, 0.1) is 11.8 Å². The first-order valence-corrected chi connectivity index (χ1v) is 6.59. The molecular weight excluding hydrogens is 256 g/mol. The first-order chi connectivity index (χ1) is 9.78. The number of aliphatic hydroxyl groups excluding tert-OH is 1. The molecule has 0 unspecified atom stereocenters. The van der Waals surface area contributed by atoms with Crippen LogP contribution in [-0.4, -0.2) is 55.3 Å². The number of carbonyl (C=O) groups excluding carboxylic acids is 1. The van der Waals surface area contributed by atoms with Crippen molar-refractivity contribution in [3.8, 4) is 17.6 Å². The number of aliphatic hydroxyl groups is 1. The number of amides is 1. The predicted molar refractivity (Wildman–Crippen MR) is 75.4 cm³/mol. The molecule has 0 aromatic heterocycles. The molecule has 0 bridgehead atoms. The van der Waals surface area contributed by atoms with E-state index in [0.29, 0.717) is 19.7 Å². The lowest BCUT2D eigenvalue weighted by atomic mass is 10.2. The zero-order valence-electron chi connectivity index (χ0n) is 11.3. The van der Waals surface area contributed by atoms with E-state index >= 15 is 0 Å². The van der Waals surface area contributed by atoms with Gasteiger partial charge in [0.2, 0.25) is 5.91 Å². The zero-order chi connectivity index (χ0) is 14.2. The molecule has 1 heterocycles. The Morgan fingerprint density at radius 3 is 2.85 bits per heavy atom. The van der Waals surface area contributed by atoms with Gasteiger partial charge in [-0.1, -0.05) is 11.8 Å². The van der Waals surface area contributed by atoms with Gasteiger partial charge in [-0.3, -0.25) is 9.69 Å². The van der Waals surface area contributed by atoms with E-state index in [2.05, 4.69) is 22.1 Å². The van der Waals surface area contributed by atoms with Gasteiger partial charge in [0.25, 0.3) is 0 Å². The molecule has 0 atom stereocenters. The van der Waals surface area contributed by atoms with Gasteiger partial charge in [0.05, 0.1) is 6.54 Å². The molecule has 2 rings (SSSR count). The van der Waals surface area contributed by atoms with Crippen LogP contribution in [0.1, 0.15) is 5.56 Å². The minimum atomic E-state index is -0.137. The van der Waals surface area contributed by atoms with Crippen molar-refractivity contribution in [3.05, 3.63) is 29.8 Å². The molecule has 2 N–H and O–H groups in total. The maximum Gasteiger partial charge on any atom is 0.234 e. The Bertz CT molecular complexity index is 502. The average Bonchev–Trinajstić information content (AvgIpc) is 2.46. The van der Waals surface area contributed by atoms with Crippen LogP contribution in [0.25, 0.3) is 0 Å². The summed E-state index contributed by atoms with van der Waals surface area (Å²) >= 11 is 0. The minimum absolute atomic E-state index is 0.0723. The summed E-state index contributed by atoms with van der Waals surface area (Å²) in [7, 11) is 0. The fourth-order valence-corrected chi connectivity index (χ4v) is 1.95. The lowest BCUT2D eigenvalue weighted by Gasteiger charge is -2.26. The Morgan fingerprint density at radius 1 is 1.35 bits per heavy atom. The molecule has 5 heteroatoms. The van der Waals surface area contributed by atoms with Crippen molar-refractivity contribution >= 4 is 5.91 Å².